The molecule has 1 aromatic carbocycles. The fourth-order valence-electron chi connectivity index (χ4n) is 3.50. The van der Waals surface area contributed by atoms with Gasteiger partial charge < -0.3 is 0 Å². The van der Waals surface area contributed by atoms with Crippen molar-refractivity contribution in [3.8, 4) is 0 Å². The van der Waals surface area contributed by atoms with Gasteiger partial charge >= 0.3 is 0 Å². The molecule has 0 aliphatic heterocycles. The quantitative estimate of drug-likeness (QED) is 0.670. The van der Waals surface area contributed by atoms with Gasteiger partial charge in [0.1, 0.15) is 0 Å². The van der Waals surface area contributed by atoms with Crippen LogP contribution in [0.3, 0.4) is 0 Å². The summed E-state index contributed by atoms with van der Waals surface area (Å²) in [7, 11) is -0.816. The molecular weight excluding hydrogens is 208 g/mol. The number of benzene rings is 1. The van der Waals surface area contributed by atoms with Gasteiger partial charge in [-0.1, -0.05) is 83.0 Å². The lowest BCUT2D eigenvalue weighted by molar-refractivity contribution is 0.686. The zero-order valence-electron chi connectivity index (χ0n) is 11.6. The molecule has 0 amide bonds. The summed E-state index contributed by atoms with van der Waals surface area (Å²) >= 11 is 0. The van der Waals surface area contributed by atoms with E-state index in [2.05, 4.69) is 71.9 Å². The van der Waals surface area contributed by atoms with E-state index in [0.29, 0.717) is 5.04 Å². The average molecular weight is 234 g/mol. The first-order chi connectivity index (χ1) is 7.37. The third kappa shape index (κ3) is 2.76. The molecule has 1 aromatic rings. The fraction of sp³-hybridized carbons (Fsp3) is 0.600. The van der Waals surface area contributed by atoms with Crippen LogP contribution in [-0.2, 0) is 5.04 Å². The lowest BCUT2D eigenvalue weighted by Crippen LogP contribution is -2.42. The molecule has 0 aromatic heterocycles. The van der Waals surface area contributed by atoms with Crippen molar-refractivity contribution in [1.29, 1.82) is 0 Å². The summed E-state index contributed by atoms with van der Waals surface area (Å²) in [5.41, 5.74) is 3.24. The van der Waals surface area contributed by atoms with Crippen LogP contribution in [0.4, 0.5) is 0 Å². The van der Waals surface area contributed by atoms with Crippen molar-refractivity contribution < 1.29 is 0 Å². The van der Waals surface area contributed by atoms with E-state index >= 15 is 0 Å². The van der Waals surface area contributed by atoms with Crippen LogP contribution in [-0.4, -0.2) is 8.80 Å². The molecule has 0 nitrogen and oxygen atoms in total. The van der Waals surface area contributed by atoms with E-state index < -0.39 is 8.80 Å². The van der Waals surface area contributed by atoms with Crippen LogP contribution < -0.4 is 0 Å². The predicted molar refractivity (Wildman–Crippen MR) is 76.8 cm³/mol. The van der Waals surface area contributed by atoms with E-state index in [4.69, 9.17) is 0 Å². The molecule has 1 heteroatoms. The van der Waals surface area contributed by atoms with Crippen molar-refractivity contribution >= 4 is 8.80 Å². The molecule has 0 spiro atoms. The Hall–Kier alpha value is -0.563. The second kappa shape index (κ2) is 5.18. The van der Waals surface area contributed by atoms with E-state index in [1.807, 2.05) is 0 Å². The van der Waals surface area contributed by atoms with Crippen LogP contribution in [0.1, 0.15) is 47.1 Å². The molecule has 0 aliphatic carbocycles. The minimum Gasteiger partial charge on any atom is -0.0654 e. The first-order valence-corrected chi connectivity index (χ1v) is 8.34. The molecule has 0 N–H and O–H groups in total. The highest BCUT2D eigenvalue weighted by atomic mass is 28.3. The molecule has 90 valence electrons. The monoisotopic (exact) mass is 234 g/mol. The zero-order chi connectivity index (χ0) is 12.3. The highest BCUT2D eigenvalue weighted by Crippen LogP contribution is 2.37. The van der Waals surface area contributed by atoms with E-state index in [-0.39, 0.29) is 0 Å². The van der Waals surface area contributed by atoms with Crippen LogP contribution in [0.2, 0.25) is 11.1 Å². The summed E-state index contributed by atoms with van der Waals surface area (Å²) in [6.07, 6.45) is 0. The van der Waals surface area contributed by atoms with Gasteiger partial charge in [0.25, 0.3) is 0 Å². The van der Waals surface area contributed by atoms with Gasteiger partial charge in [0.2, 0.25) is 0 Å². The standard InChI is InChI=1S/C15H26Si/c1-12(2)16(13(3)4)15(5,6)14-10-8-7-9-11-14/h7-13,16H,1-6H3. The summed E-state index contributed by atoms with van der Waals surface area (Å²) in [5, 5.41) is 0.392. The molecule has 0 radical (unpaired) electrons. The first kappa shape index (κ1) is 13.5. The van der Waals surface area contributed by atoms with Gasteiger partial charge in [0.15, 0.2) is 0 Å². The van der Waals surface area contributed by atoms with Crippen molar-refractivity contribution in [3.05, 3.63) is 35.9 Å². The van der Waals surface area contributed by atoms with Crippen LogP contribution in [0, 0.1) is 0 Å². The van der Waals surface area contributed by atoms with Gasteiger partial charge in [-0.25, -0.2) is 0 Å². The maximum absolute atomic E-state index is 2.44. The van der Waals surface area contributed by atoms with Crippen molar-refractivity contribution in [1.82, 2.24) is 0 Å². The molecule has 16 heavy (non-hydrogen) atoms. The van der Waals surface area contributed by atoms with Gasteiger partial charge in [-0.2, -0.15) is 0 Å². The second-order valence-corrected chi connectivity index (χ2v) is 11.3. The third-order valence-electron chi connectivity index (χ3n) is 3.79. The molecule has 0 atom stereocenters. The topological polar surface area (TPSA) is 0 Å². The largest absolute Gasteiger partial charge is 0.0654 e. The molecule has 0 bridgehead atoms. The number of rotatable bonds is 4. The van der Waals surface area contributed by atoms with Gasteiger partial charge in [-0.15, -0.1) is 0 Å². The van der Waals surface area contributed by atoms with Crippen LogP contribution in [0.15, 0.2) is 30.3 Å². The zero-order valence-corrected chi connectivity index (χ0v) is 12.8. The van der Waals surface area contributed by atoms with Gasteiger partial charge in [-0.3, -0.25) is 0 Å². The van der Waals surface area contributed by atoms with E-state index in [1.54, 1.807) is 0 Å². The summed E-state index contributed by atoms with van der Waals surface area (Å²) in [5.74, 6) is 0. The third-order valence-corrected chi connectivity index (χ3v) is 8.66. The predicted octanol–water partition coefficient (Wildman–Crippen LogP) is 4.55. The van der Waals surface area contributed by atoms with Crippen molar-refractivity contribution in [2.75, 3.05) is 0 Å². The van der Waals surface area contributed by atoms with Gasteiger partial charge in [0.05, 0.1) is 8.80 Å². The number of hydrogen-bond donors (Lipinski definition) is 0. The first-order valence-electron chi connectivity index (χ1n) is 6.43. The van der Waals surface area contributed by atoms with E-state index in [1.165, 1.54) is 5.56 Å². The highest BCUT2D eigenvalue weighted by Gasteiger charge is 2.36. The molecular formula is C15H26Si. The van der Waals surface area contributed by atoms with E-state index in [9.17, 15) is 0 Å². The number of hydrogen-bond acceptors (Lipinski definition) is 0. The Kier molecular flexibility index (Phi) is 4.37. The molecule has 0 fully saturated rings. The Morgan fingerprint density at radius 2 is 1.31 bits per heavy atom. The Bertz CT molecular complexity index is 303. The van der Waals surface area contributed by atoms with Crippen molar-refractivity contribution in [2.45, 2.75) is 57.7 Å². The van der Waals surface area contributed by atoms with Crippen LogP contribution in [0.25, 0.3) is 0 Å². The van der Waals surface area contributed by atoms with Crippen molar-refractivity contribution in [2.24, 2.45) is 0 Å². The average Bonchev–Trinajstić information content (AvgIpc) is 2.17. The summed E-state index contributed by atoms with van der Waals surface area (Å²) in [6.45, 7) is 14.5. The Morgan fingerprint density at radius 3 is 1.69 bits per heavy atom. The Labute approximate surface area is 103 Å². The van der Waals surface area contributed by atoms with Crippen molar-refractivity contribution in [3.63, 3.8) is 0 Å². The minimum atomic E-state index is -0.816. The molecule has 0 saturated heterocycles. The summed E-state index contributed by atoms with van der Waals surface area (Å²) < 4.78 is 0. The van der Waals surface area contributed by atoms with Crippen LogP contribution in [0.5, 0.6) is 0 Å². The maximum Gasteiger partial charge on any atom is 0.0531 e. The van der Waals surface area contributed by atoms with E-state index in [0.717, 1.165) is 11.1 Å². The second-order valence-electron chi connectivity index (χ2n) is 6.10. The van der Waals surface area contributed by atoms with Gasteiger partial charge in [0, 0.05) is 0 Å². The Morgan fingerprint density at radius 1 is 0.875 bits per heavy atom. The molecule has 1 rings (SSSR count). The fourth-order valence-corrected chi connectivity index (χ4v) is 8.95. The minimum absolute atomic E-state index is 0.392. The summed E-state index contributed by atoms with van der Waals surface area (Å²) in [4.78, 5) is 0. The SMILES string of the molecule is CC(C)[SiH](C(C)C)C(C)(C)c1ccccc1. The normalized spacial score (nSPS) is 12.8. The van der Waals surface area contributed by atoms with Crippen LogP contribution >= 0.6 is 0 Å². The van der Waals surface area contributed by atoms with Gasteiger partial charge in [-0.05, 0) is 10.6 Å². The molecule has 0 saturated carbocycles. The molecule has 0 unspecified atom stereocenters. The summed E-state index contributed by atoms with van der Waals surface area (Å²) in [6, 6.07) is 11.0. The molecule has 0 heterocycles. The molecule has 0 aliphatic rings. The maximum atomic E-state index is 2.44. The Balaban J connectivity index is 3.08. The lowest BCUT2D eigenvalue weighted by Gasteiger charge is -2.39. The highest BCUT2D eigenvalue weighted by molar-refractivity contribution is 6.64. The lowest BCUT2D eigenvalue weighted by atomic mass is 10.0. The smallest absolute Gasteiger partial charge is 0.0531 e.